The van der Waals surface area contributed by atoms with Gasteiger partial charge in [-0.3, -0.25) is 4.57 Å². The standard InChI is InChI=1S/C20H31N2O5PSi/c1-6-26-20(23)18-15-19(21-22(18)16-25-13-14-29(3,4)5)28(24,27-7-2)17-11-9-8-10-12-17/h8-12,15H,6-7,13-14,16H2,1-5H3. The molecule has 0 spiro atoms. The lowest BCUT2D eigenvalue weighted by Gasteiger charge is -2.16. The van der Waals surface area contributed by atoms with Gasteiger partial charge < -0.3 is 14.0 Å². The maximum Gasteiger partial charge on any atom is 0.356 e. The second-order valence-electron chi connectivity index (χ2n) is 7.76. The molecule has 0 amide bonds. The van der Waals surface area contributed by atoms with Gasteiger partial charge in [0.15, 0.2) is 5.44 Å². The molecule has 0 aliphatic carbocycles. The minimum Gasteiger partial charge on any atom is -0.461 e. The molecule has 9 heteroatoms. The minimum absolute atomic E-state index is 0.0829. The number of benzene rings is 1. The van der Waals surface area contributed by atoms with E-state index >= 15 is 0 Å². The Kier molecular flexibility index (Phi) is 8.40. The average molecular weight is 439 g/mol. The van der Waals surface area contributed by atoms with Gasteiger partial charge in [-0.25, -0.2) is 9.48 Å². The molecule has 1 heterocycles. The van der Waals surface area contributed by atoms with E-state index in [1.165, 1.54) is 10.7 Å². The molecular weight excluding hydrogens is 407 g/mol. The third-order valence-electron chi connectivity index (χ3n) is 4.17. The number of esters is 1. The summed E-state index contributed by atoms with van der Waals surface area (Å²) in [6.45, 7) is 11.5. The van der Waals surface area contributed by atoms with Crippen molar-refractivity contribution >= 4 is 32.2 Å². The quantitative estimate of drug-likeness (QED) is 0.231. The first-order chi connectivity index (χ1) is 13.7. The van der Waals surface area contributed by atoms with E-state index < -0.39 is 21.4 Å². The molecule has 2 aromatic rings. The Hall–Kier alpha value is -1.73. The molecule has 0 radical (unpaired) electrons. The van der Waals surface area contributed by atoms with E-state index in [1.54, 1.807) is 38.1 Å². The summed E-state index contributed by atoms with van der Waals surface area (Å²) in [6, 6.07) is 11.4. The number of ether oxygens (including phenoxy) is 2. The first kappa shape index (κ1) is 23.5. The molecule has 0 aliphatic heterocycles. The summed E-state index contributed by atoms with van der Waals surface area (Å²) in [5.74, 6) is -0.531. The lowest BCUT2D eigenvalue weighted by atomic mass is 10.4. The first-order valence-corrected chi connectivity index (χ1v) is 15.2. The summed E-state index contributed by atoms with van der Waals surface area (Å²) < 4.78 is 31.7. The fourth-order valence-electron chi connectivity index (χ4n) is 2.62. The number of hydrogen-bond acceptors (Lipinski definition) is 6. The van der Waals surface area contributed by atoms with Crippen LogP contribution in [-0.2, 0) is 25.3 Å². The largest absolute Gasteiger partial charge is 0.461 e. The van der Waals surface area contributed by atoms with Gasteiger partial charge in [-0.2, -0.15) is 5.10 Å². The average Bonchev–Trinajstić information content (AvgIpc) is 3.10. The third-order valence-corrected chi connectivity index (χ3v) is 8.30. The van der Waals surface area contributed by atoms with E-state index in [0.717, 1.165) is 6.04 Å². The highest BCUT2D eigenvalue weighted by Crippen LogP contribution is 2.44. The van der Waals surface area contributed by atoms with Crippen molar-refractivity contribution in [2.45, 2.75) is 46.3 Å². The predicted octanol–water partition coefficient (Wildman–Crippen LogP) is 3.64. The molecule has 1 atom stereocenters. The Morgan fingerprint density at radius 2 is 1.83 bits per heavy atom. The summed E-state index contributed by atoms with van der Waals surface area (Å²) in [7, 11) is -4.68. The number of carbonyl (C=O) groups is 1. The smallest absolute Gasteiger partial charge is 0.356 e. The molecule has 2 rings (SSSR count). The number of carbonyl (C=O) groups excluding carboxylic acids is 1. The van der Waals surface area contributed by atoms with Crippen LogP contribution in [0.2, 0.25) is 25.7 Å². The van der Waals surface area contributed by atoms with Crippen LogP contribution in [0.15, 0.2) is 36.4 Å². The van der Waals surface area contributed by atoms with Gasteiger partial charge >= 0.3 is 5.97 Å². The SMILES string of the molecule is CCOC(=O)c1cc(P(=O)(OCC)c2ccccc2)nn1COCC[Si](C)(C)C. The summed E-state index contributed by atoms with van der Waals surface area (Å²) in [4.78, 5) is 12.4. The molecule has 29 heavy (non-hydrogen) atoms. The molecule has 1 unspecified atom stereocenters. The summed E-state index contributed by atoms with van der Waals surface area (Å²) in [5, 5.41) is 4.96. The highest BCUT2D eigenvalue weighted by atomic mass is 31.2. The van der Waals surface area contributed by atoms with Crippen molar-refractivity contribution in [3.8, 4) is 0 Å². The molecular formula is C20H31N2O5PSi. The van der Waals surface area contributed by atoms with Gasteiger partial charge in [0.2, 0.25) is 0 Å². The van der Waals surface area contributed by atoms with E-state index in [0.29, 0.717) is 11.9 Å². The highest BCUT2D eigenvalue weighted by Gasteiger charge is 2.33. The van der Waals surface area contributed by atoms with Gasteiger partial charge in [0.05, 0.1) is 13.2 Å². The van der Waals surface area contributed by atoms with Gasteiger partial charge in [0.25, 0.3) is 7.37 Å². The molecule has 7 nitrogen and oxygen atoms in total. The van der Waals surface area contributed by atoms with Gasteiger partial charge in [-0.05, 0) is 32.0 Å². The number of aromatic nitrogens is 2. The van der Waals surface area contributed by atoms with Crippen LogP contribution in [0.5, 0.6) is 0 Å². The van der Waals surface area contributed by atoms with Crippen LogP contribution in [-0.4, -0.2) is 43.6 Å². The molecule has 160 valence electrons. The molecule has 1 aromatic heterocycles. The fourth-order valence-corrected chi connectivity index (χ4v) is 5.37. The van der Waals surface area contributed by atoms with Crippen molar-refractivity contribution < 1.29 is 23.4 Å². The van der Waals surface area contributed by atoms with Gasteiger partial charge in [-0.1, -0.05) is 37.8 Å². The van der Waals surface area contributed by atoms with Crippen LogP contribution in [0.25, 0.3) is 0 Å². The van der Waals surface area contributed by atoms with E-state index in [-0.39, 0.29) is 31.1 Å². The molecule has 0 saturated carbocycles. The summed E-state index contributed by atoms with van der Waals surface area (Å²) in [5.41, 5.74) is 0.410. The predicted molar refractivity (Wildman–Crippen MR) is 117 cm³/mol. The molecule has 0 aliphatic rings. The van der Waals surface area contributed by atoms with Crippen LogP contribution < -0.4 is 10.7 Å². The minimum atomic E-state index is -3.44. The molecule has 1 aromatic carbocycles. The van der Waals surface area contributed by atoms with E-state index in [2.05, 4.69) is 24.7 Å². The summed E-state index contributed by atoms with van der Waals surface area (Å²) >= 11 is 0. The summed E-state index contributed by atoms with van der Waals surface area (Å²) in [6.07, 6.45) is 0. The van der Waals surface area contributed by atoms with E-state index in [9.17, 15) is 9.36 Å². The lowest BCUT2D eigenvalue weighted by Crippen LogP contribution is -2.23. The fraction of sp³-hybridized carbons (Fsp3) is 0.500. The second-order valence-corrected chi connectivity index (χ2v) is 15.7. The zero-order valence-corrected chi connectivity index (χ0v) is 19.8. The topological polar surface area (TPSA) is 79.7 Å². The Morgan fingerprint density at radius 3 is 2.41 bits per heavy atom. The normalized spacial score (nSPS) is 13.8. The van der Waals surface area contributed by atoms with Gasteiger partial charge in [0, 0.05) is 26.1 Å². The van der Waals surface area contributed by atoms with Crippen molar-refractivity contribution in [3.05, 3.63) is 42.1 Å². The Morgan fingerprint density at radius 1 is 1.14 bits per heavy atom. The Labute approximate surface area is 173 Å². The number of nitrogens with zero attached hydrogens (tertiary/aromatic N) is 2. The number of hydrogen-bond donors (Lipinski definition) is 0. The Balaban J connectivity index is 2.36. The molecule has 0 saturated heterocycles. The zero-order chi connectivity index (χ0) is 21.5. The maximum absolute atomic E-state index is 13.7. The van der Waals surface area contributed by atoms with E-state index in [4.69, 9.17) is 14.0 Å². The first-order valence-electron chi connectivity index (χ1n) is 9.84. The lowest BCUT2D eigenvalue weighted by molar-refractivity contribution is 0.0455. The molecule has 0 bridgehead atoms. The van der Waals surface area contributed by atoms with Crippen molar-refractivity contribution in [1.29, 1.82) is 0 Å². The zero-order valence-electron chi connectivity index (χ0n) is 17.9. The van der Waals surface area contributed by atoms with Crippen molar-refractivity contribution in [3.63, 3.8) is 0 Å². The van der Waals surface area contributed by atoms with Crippen molar-refractivity contribution in [2.24, 2.45) is 0 Å². The second kappa shape index (κ2) is 10.3. The third kappa shape index (κ3) is 6.37. The maximum atomic E-state index is 13.7. The van der Waals surface area contributed by atoms with Gasteiger partial charge in [-0.15, -0.1) is 0 Å². The van der Waals surface area contributed by atoms with E-state index in [1.807, 2.05) is 6.07 Å². The highest BCUT2D eigenvalue weighted by molar-refractivity contribution is 7.74. The van der Waals surface area contributed by atoms with Crippen LogP contribution in [0.4, 0.5) is 0 Å². The van der Waals surface area contributed by atoms with Crippen LogP contribution in [0.1, 0.15) is 24.3 Å². The Bertz CT molecular complexity index is 848. The molecule has 0 N–H and O–H groups in total. The molecule has 0 fully saturated rings. The van der Waals surface area contributed by atoms with Gasteiger partial charge in [0.1, 0.15) is 12.4 Å². The monoisotopic (exact) mass is 438 g/mol. The van der Waals surface area contributed by atoms with Crippen LogP contribution in [0, 0.1) is 0 Å². The van der Waals surface area contributed by atoms with Crippen LogP contribution in [0.3, 0.4) is 0 Å². The number of rotatable bonds is 11. The van der Waals surface area contributed by atoms with Crippen molar-refractivity contribution in [1.82, 2.24) is 9.78 Å². The van der Waals surface area contributed by atoms with Crippen molar-refractivity contribution in [2.75, 3.05) is 19.8 Å². The van der Waals surface area contributed by atoms with Crippen LogP contribution >= 0.6 is 7.37 Å².